The number of nitrogens with one attached hydrogen (secondary N) is 2. The molecule has 2 amide bonds. The summed E-state index contributed by atoms with van der Waals surface area (Å²) in [7, 11) is 0. The maximum atomic E-state index is 12.3. The Balaban J connectivity index is 1.74. The van der Waals surface area contributed by atoms with Gasteiger partial charge >= 0.3 is 5.91 Å². The highest BCUT2D eigenvalue weighted by atomic mass is 32.1. The maximum Gasteiger partial charge on any atom is 0.313 e. The number of hydrogen-bond acceptors (Lipinski definition) is 6. The second-order valence-electron chi connectivity index (χ2n) is 4.90. The van der Waals surface area contributed by atoms with E-state index in [1.807, 2.05) is 30.3 Å². The van der Waals surface area contributed by atoms with Crippen LogP contribution in [-0.2, 0) is 0 Å². The van der Waals surface area contributed by atoms with E-state index in [0.29, 0.717) is 10.6 Å². The number of carbonyl (C=O) groups excluding carboxylic acids is 2. The zero-order chi connectivity index (χ0) is 16.4. The van der Waals surface area contributed by atoms with E-state index in [1.54, 1.807) is 6.92 Å². The molecular weight excluding hydrogens is 318 g/mol. The van der Waals surface area contributed by atoms with Gasteiger partial charge in [0.05, 0.1) is 10.9 Å². The third kappa shape index (κ3) is 3.08. The third-order valence-corrected chi connectivity index (χ3v) is 4.41. The standard InChI is InChI=1S/C15H13N3O4S/c1-8(10-7-11(22-18-10)14(19)17-21)16-15(20)13-6-9-4-2-3-5-12(9)23-13/h2-8,21H,1H3,(H,16,20)(H,17,19)/t8-/m0/s1. The molecule has 0 aliphatic carbocycles. The number of aromatic nitrogens is 1. The molecular formula is C15H13N3O4S. The fraction of sp³-hybridized carbons (Fsp3) is 0.133. The van der Waals surface area contributed by atoms with Crippen LogP contribution >= 0.6 is 11.3 Å². The van der Waals surface area contributed by atoms with E-state index < -0.39 is 11.9 Å². The van der Waals surface area contributed by atoms with Gasteiger partial charge in [-0.05, 0) is 24.4 Å². The number of fused-ring (bicyclic) bond motifs is 1. The molecule has 0 aliphatic heterocycles. The molecule has 0 aliphatic rings. The van der Waals surface area contributed by atoms with Gasteiger partial charge in [0.1, 0.15) is 5.69 Å². The van der Waals surface area contributed by atoms with Gasteiger partial charge < -0.3 is 9.84 Å². The van der Waals surface area contributed by atoms with Crippen LogP contribution < -0.4 is 10.8 Å². The highest BCUT2D eigenvalue weighted by molar-refractivity contribution is 7.20. The first-order chi connectivity index (χ1) is 11.1. The zero-order valence-electron chi connectivity index (χ0n) is 12.1. The number of amides is 2. The molecule has 118 valence electrons. The van der Waals surface area contributed by atoms with E-state index in [0.717, 1.165) is 10.1 Å². The molecule has 8 heteroatoms. The van der Waals surface area contributed by atoms with E-state index in [9.17, 15) is 9.59 Å². The zero-order valence-corrected chi connectivity index (χ0v) is 12.9. The van der Waals surface area contributed by atoms with Crippen LogP contribution in [0, 0.1) is 0 Å². The summed E-state index contributed by atoms with van der Waals surface area (Å²) in [5, 5.41) is 16.1. The van der Waals surface area contributed by atoms with Crippen LogP contribution in [-0.4, -0.2) is 22.2 Å². The SMILES string of the molecule is C[C@H](NC(=O)c1cc2ccccc2s1)c1cc(C(=O)NO)on1. The molecule has 0 saturated heterocycles. The van der Waals surface area contributed by atoms with Crippen molar-refractivity contribution in [3.8, 4) is 0 Å². The Morgan fingerprint density at radius 3 is 2.78 bits per heavy atom. The highest BCUT2D eigenvalue weighted by Gasteiger charge is 2.19. The van der Waals surface area contributed by atoms with Gasteiger partial charge in [0.25, 0.3) is 5.91 Å². The van der Waals surface area contributed by atoms with Gasteiger partial charge in [-0.25, -0.2) is 5.48 Å². The predicted molar refractivity (Wildman–Crippen MR) is 83.5 cm³/mol. The normalized spacial score (nSPS) is 12.1. The van der Waals surface area contributed by atoms with Crippen molar-refractivity contribution in [2.75, 3.05) is 0 Å². The van der Waals surface area contributed by atoms with E-state index in [2.05, 4.69) is 10.5 Å². The first kappa shape index (κ1) is 15.2. The van der Waals surface area contributed by atoms with Crippen molar-refractivity contribution in [1.29, 1.82) is 0 Å². The van der Waals surface area contributed by atoms with Crippen LogP contribution in [0.15, 0.2) is 40.9 Å². The first-order valence-electron chi connectivity index (χ1n) is 6.79. The first-order valence-corrected chi connectivity index (χ1v) is 7.60. The van der Waals surface area contributed by atoms with Gasteiger partial charge in [-0.3, -0.25) is 14.8 Å². The summed E-state index contributed by atoms with van der Waals surface area (Å²) in [6, 6.07) is 10.5. The summed E-state index contributed by atoms with van der Waals surface area (Å²) in [5.74, 6) is -1.16. The maximum absolute atomic E-state index is 12.3. The quantitative estimate of drug-likeness (QED) is 0.503. The fourth-order valence-electron chi connectivity index (χ4n) is 2.09. The number of carbonyl (C=O) groups is 2. The van der Waals surface area contributed by atoms with Crippen molar-refractivity contribution in [3.05, 3.63) is 52.7 Å². The molecule has 3 aromatic rings. The Morgan fingerprint density at radius 1 is 1.26 bits per heavy atom. The number of hydrogen-bond donors (Lipinski definition) is 3. The van der Waals surface area contributed by atoms with Crippen LogP contribution in [0.2, 0.25) is 0 Å². The van der Waals surface area contributed by atoms with Crippen LogP contribution in [0.25, 0.3) is 10.1 Å². The third-order valence-electron chi connectivity index (χ3n) is 3.29. The minimum absolute atomic E-state index is 0.134. The van der Waals surface area contributed by atoms with E-state index in [-0.39, 0.29) is 11.7 Å². The molecule has 3 N–H and O–H groups in total. The molecule has 0 radical (unpaired) electrons. The topological polar surface area (TPSA) is 104 Å². The lowest BCUT2D eigenvalue weighted by Gasteiger charge is -2.09. The molecule has 0 fully saturated rings. The average molecular weight is 331 g/mol. The lowest BCUT2D eigenvalue weighted by atomic mass is 10.2. The Kier molecular flexibility index (Phi) is 4.09. The fourth-order valence-corrected chi connectivity index (χ4v) is 3.06. The molecule has 0 unspecified atom stereocenters. The Hall–Kier alpha value is -2.71. The van der Waals surface area contributed by atoms with Crippen LogP contribution in [0.5, 0.6) is 0 Å². The summed E-state index contributed by atoms with van der Waals surface area (Å²) >= 11 is 1.40. The van der Waals surface area contributed by atoms with E-state index >= 15 is 0 Å². The lowest BCUT2D eigenvalue weighted by Crippen LogP contribution is -2.26. The van der Waals surface area contributed by atoms with Crippen LogP contribution in [0.4, 0.5) is 0 Å². The van der Waals surface area contributed by atoms with Gasteiger partial charge in [0.15, 0.2) is 0 Å². The Morgan fingerprint density at radius 2 is 2.04 bits per heavy atom. The summed E-state index contributed by atoms with van der Waals surface area (Å²) < 4.78 is 5.84. The van der Waals surface area contributed by atoms with E-state index in [1.165, 1.54) is 22.9 Å². The molecule has 0 bridgehead atoms. The van der Waals surface area contributed by atoms with Gasteiger partial charge in [-0.1, -0.05) is 23.4 Å². The smallest absolute Gasteiger partial charge is 0.313 e. The van der Waals surface area contributed by atoms with Crippen molar-refractivity contribution in [1.82, 2.24) is 16.0 Å². The molecule has 1 atom stereocenters. The van der Waals surface area contributed by atoms with Crippen molar-refractivity contribution in [2.45, 2.75) is 13.0 Å². The molecule has 0 saturated carbocycles. The van der Waals surface area contributed by atoms with Gasteiger partial charge in [0.2, 0.25) is 5.76 Å². The van der Waals surface area contributed by atoms with Crippen molar-refractivity contribution >= 4 is 33.2 Å². The van der Waals surface area contributed by atoms with Gasteiger partial charge in [0, 0.05) is 10.8 Å². The van der Waals surface area contributed by atoms with Crippen LogP contribution in [0.1, 0.15) is 38.9 Å². The Bertz CT molecular complexity index is 837. The van der Waals surface area contributed by atoms with Crippen molar-refractivity contribution < 1.29 is 19.3 Å². The summed E-state index contributed by atoms with van der Waals surface area (Å²) in [5.41, 5.74) is 1.84. The van der Waals surface area contributed by atoms with Crippen LogP contribution in [0.3, 0.4) is 0 Å². The number of benzene rings is 1. The average Bonchev–Trinajstić information content (AvgIpc) is 3.20. The van der Waals surface area contributed by atoms with Crippen molar-refractivity contribution in [3.63, 3.8) is 0 Å². The van der Waals surface area contributed by atoms with Crippen molar-refractivity contribution in [2.24, 2.45) is 0 Å². The minimum atomic E-state index is -0.799. The number of hydroxylamine groups is 1. The van der Waals surface area contributed by atoms with E-state index in [4.69, 9.17) is 9.73 Å². The summed E-state index contributed by atoms with van der Waals surface area (Å²) in [4.78, 5) is 24.1. The summed E-state index contributed by atoms with van der Waals surface area (Å²) in [6.45, 7) is 1.73. The minimum Gasteiger partial charge on any atom is -0.351 e. The number of rotatable bonds is 4. The molecule has 7 nitrogen and oxygen atoms in total. The molecule has 2 aromatic heterocycles. The second kappa shape index (κ2) is 6.19. The molecule has 0 spiro atoms. The molecule has 3 rings (SSSR count). The highest BCUT2D eigenvalue weighted by Crippen LogP contribution is 2.25. The number of thiophene rings is 1. The predicted octanol–water partition coefficient (Wildman–Crippen LogP) is 2.50. The second-order valence-corrected chi connectivity index (χ2v) is 5.98. The van der Waals surface area contributed by atoms with Gasteiger partial charge in [-0.2, -0.15) is 0 Å². The largest absolute Gasteiger partial charge is 0.351 e. The molecule has 23 heavy (non-hydrogen) atoms. The summed E-state index contributed by atoms with van der Waals surface area (Å²) in [6.07, 6.45) is 0. The van der Waals surface area contributed by atoms with Gasteiger partial charge in [-0.15, -0.1) is 11.3 Å². The Labute approximate surface area is 134 Å². The monoisotopic (exact) mass is 331 g/mol. The number of nitrogens with zero attached hydrogens (tertiary/aromatic N) is 1. The lowest BCUT2D eigenvalue weighted by molar-refractivity contribution is 0.0666. The molecule has 2 heterocycles. The molecule has 1 aromatic carbocycles.